The average molecular weight is 977 g/mol. The second-order valence-electron chi connectivity index (χ2n) is 18.6. The van der Waals surface area contributed by atoms with Gasteiger partial charge in [0.05, 0.1) is 26.4 Å². The zero-order valence-corrected chi connectivity index (χ0v) is 46.2. The fourth-order valence-corrected chi connectivity index (χ4v) is 7.83. The summed E-state index contributed by atoms with van der Waals surface area (Å²) in [7, 11) is 0. The summed E-state index contributed by atoms with van der Waals surface area (Å²) >= 11 is 0. The van der Waals surface area contributed by atoms with Crippen LogP contribution in [0.25, 0.3) is 0 Å². The normalized spacial score (nSPS) is 12.8. The second-order valence-corrected chi connectivity index (χ2v) is 18.6. The highest BCUT2D eigenvalue weighted by molar-refractivity contribution is 5.78. The van der Waals surface area contributed by atoms with Crippen LogP contribution in [0, 0.1) is 0 Å². The number of carbonyl (C=O) groups excluding carboxylic acids is 2. The van der Waals surface area contributed by atoms with Crippen molar-refractivity contribution in [3.05, 3.63) is 97.2 Å². The quantitative estimate of drug-likeness (QED) is 0.0341. The Hall–Kier alpha value is -2.94. The van der Waals surface area contributed by atoms with Gasteiger partial charge in [0.1, 0.15) is 11.6 Å². The van der Waals surface area contributed by atoms with Crippen molar-refractivity contribution >= 4 is 11.6 Å². The van der Waals surface area contributed by atoms with E-state index >= 15 is 0 Å². The first-order valence-electron chi connectivity index (χ1n) is 28.9. The number of allylic oxidation sites excluding steroid dienone is 12. The first-order valence-corrected chi connectivity index (χ1v) is 28.9. The molecular weight excluding hydrogens is 867 g/mol. The number of hydrogen-bond acceptors (Lipinski definition) is 7. The second kappa shape index (κ2) is 57.0. The van der Waals surface area contributed by atoms with Gasteiger partial charge in [0.25, 0.3) is 0 Å². The Labute approximate surface area is 432 Å². The molecule has 0 fully saturated rings. The Morgan fingerprint density at radius 3 is 0.943 bits per heavy atom. The van der Waals surface area contributed by atoms with E-state index in [1.807, 2.05) is 0 Å². The highest BCUT2D eigenvalue weighted by Gasteiger charge is 2.14. The minimum Gasteiger partial charge on any atom is -0.352 e. The Morgan fingerprint density at radius 2 is 0.629 bits per heavy atom. The fraction of sp³-hybridized carbons (Fsp3) is 0.714. The first kappa shape index (κ1) is 67.1. The topological polar surface area (TPSA) is 74.3 Å². The number of rotatable bonds is 54. The highest BCUT2D eigenvalue weighted by atomic mass is 16.7. The molecule has 0 aliphatic heterocycles. The van der Waals surface area contributed by atoms with Crippen molar-refractivity contribution in [2.45, 2.75) is 246 Å². The van der Waals surface area contributed by atoms with Gasteiger partial charge in [-0.05, 0) is 129 Å². The Morgan fingerprint density at radius 1 is 0.343 bits per heavy atom. The van der Waals surface area contributed by atoms with Crippen molar-refractivity contribution in [2.24, 2.45) is 0 Å². The SMILES string of the molecule is CC/C=C/C/C=C/CCOC(CCC(=O)CCCCCCCN(CCCCC)CCCCCCCC(=O)CCC(OCC/C=C/C/C=C/CC)OCC/C=C/C/C=C/CC)OCC/C=C/C/C=C/CC. The van der Waals surface area contributed by atoms with Crippen molar-refractivity contribution in [2.75, 3.05) is 46.1 Å². The number of hydrogen-bond donors (Lipinski definition) is 0. The van der Waals surface area contributed by atoms with E-state index in [9.17, 15) is 9.59 Å². The van der Waals surface area contributed by atoms with Gasteiger partial charge < -0.3 is 23.8 Å². The molecule has 0 saturated carbocycles. The number of carbonyl (C=O) groups is 2. The number of ether oxygens (including phenoxy) is 4. The van der Waals surface area contributed by atoms with E-state index in [1.54, 1.807) is 0 Å². The lowest BCUT2D eigenvalue weighted by Gasteiger charge is -2.22. The predicted molar refractivity (Wildman–Crippen MR) is 302 cm³/mol. The van der Waals surface area contributed by atoms with Crippen LogP contribution in [-0.4, -0.2) is 75.1 Å². The minimum atomic E-state index is -0.333. The van der Waals surface area contributed by atoms with Gasteiger partial charge in [0, 0.05) is 38.5 Å². The maximum absolute atomic E-state index is 12.9. The van der Waals surface area contributed by atoms with Crippen molar-refractivity contribution in [3.63, 3.8) is 0 Å². The number of unbranched alkanes of at least 4 members (excludes halogenated alkanes) is 10. The molecule has 0 unspecified atom stereocenters. The van der Waals surface area contributed by atoms with Crippen LogP contribution >= 0.6 is 0 Å². The lowest BCUT2D eigenvalue weighted by atomic mass is 10.1. The van der Waals surface area contributed by atoms with Gasteiger partial charge in [-0.25, -0.2) is 0 Å². The molecule has 0 aromatic heterocycles. The van der Waals surface area contributed by atoms with E-state index in [0.717, 1.165) is 103 Å². The molecule has 7 nitrogen and oxygen atoms in total. The molecule has 0 rings (SSSR count). The van der Waals surface area contributed by atoms with Gasteiger partial charge in [-0.1, -0.05) is 183 Å². The summed E-state index contributed by atoms with van der Waals surface area (Å²) in [6, 6.07) is 0. The molecule has 0 amide bonds. The zero-order valence-electron chi connectivity index (χ0n) is 46.2. The number of Topliss-reactive ketones (excluding diaryl/α,β-unsaturated/α-hetero) is 2. The molecule has 0 saturated heterocycles. The van der Waals surface area contributed by atoms with E-state index in [-0.39, 0.29) is 12.6 Å². The molecule has 0 radical (unpaired) electrons. The zero-order chi connectivity index (χ0) is 50.9. The van der Waals surface area contributed by atoms with Crippen molar-refractivity contribution < 1.29 is 28.5 Å². The molecule has 0 N–H and O–H groups in total. The number of ketones is 2. The van der Waals surface area contributed by atoms with E-state index in [4.69, 9.17) is 18.9 Å². The van der Waals surface area contributed by atoms with E-state index in [0.29, 0.717) is 76.5 Å². The molecular formula is C63H109NO6. The maximum atomic E-state index is 12.9. The third-order valence-corrected chi connectivity index (χ3v) is 12.0. The van der Waals surface area contributed by atoms with Gasteiger partial charge in [-0.2, -0.15) is 0 Å². The maximum Gasteiger partial charge on any atom is 0.158 e. The standard InChI is InChI=1S/C63H109NO6/c1-6-11-16-20-24-34-43-56-67-62(68-57-44-35-25-21-17-12-7-2)51-49-60(65)47-38-30-28-32-41-54-64(53-40-15-10-5)55-42-33-29-31-39-48-61(66)50-52-63(69-58-45-36-26-22-18-13-8-3)70-59-46-37-27-23-19-14-9-4/h11-14,16-19,24-27,34-37,62-63H,6-10,15,20-23,28-33,38-59H2,1-5H3/b16-11+,17-12+,18-13+,19-14+,34-24+,35-25+,36-26+,37-27+. The summed E-state index contributed by atoms with van der Waals surface area (Å²) in [6.07, 6.45) is 64.7. The molecule has 0 heterocycles. The highest BCUT2D eigenvalue weighted by Crippen LogP contribution is 2.15. The molecule has 0 spiro atoms. The largest absolute Gasteiger partial charge is 0.352 e. The summed E-state index contributed by atoms with van der Waals surface area (Å²) in [5, 5.41) is 0. The predicted octanol–water partition coefficient (Wildman–Crippen LogP) is 17.8. The average Bonchev–Trinajstić information content (AvgIpc) is 3.36. The summed E-state index contributed by atoms with van der Waals surface area (Å²) in [5.41, 5.74) is 0. The summed E-state index contributed by atoms with van der Waals surface area (Å²) in [4.78, 5) is 28.4. The Bertz CT molecular complexity index is 1210. The molecule has 402 valence electrons. The van der Waals surface area contributed by atoms with Crippen LogP contribution in [0.3, 0.4) is 0 Å². The van der Waals surface area contributed by atoms with E-state index in [2.05, 4.69) is 137 Å². The molecule has 0 aliphatic carbocycles. The monoisotopic (exact) mass is 976 g/mol. The Balaban J connectivity index is 4.51. The van der Waals surface area contributed by atoms with Crippen molar-refractivity contribution in [1.29, 1.82) is 0 Å². The van der Waals surface area contributed by atoms with Crippen LogP contribution in [0.2, 0.25) is 0 Å². The van der Waals surface area contributed by atoms with Gasteiger partial charge >= 0.3 is 0 Å². The molecule has 7 heteroatoms. The van der Waals surface area contributed by atoms with Crippen molar-refractivity contribution in [3.8, 4) is 0 Å². The molecule has 0 bridgehead atoms. The third-order valence-electron chi connectivity index (χ3n) is 12.0. The smallest absolute Gasteiger partial charge is 0.158 e. The molecule has 0 aliphatic rings. The lowest BCUT2D eigenvalue weighted by Crippen LogP contribution is -2.27. The van der Waals surface area contributed by atoms with Crippen LogP contribution in [0.1, 0.15) is 234 Å². The molecule has 0 aromatic rings. The third kappa shape index (κ3) is 51.4. The summed E-state index contributed by atoms with van der Waals surface area (Å²) < 4.78 is 24.4. The molecule has 70 heavy (non-hydrogen) atoms. The molecule has 0 aromatic carbocycles. The van der Waals surface area contributed by atoms with Gasteiger partial charge in [0.15, 0.2) is 12.6 Å². The first-order chi connectivity index (χ1) is 34.5. The van der Waals surface area contributed by atoms with Gasteiger partial charge in [0.2, 0.25) is 0 Å². The van der Waals surface area contributed by atoms with Crippen LogP contribution in [0.5, 0.6) is 0 Å². The minimum absolute atomic E-state index is 0.326. The van der Waals surface area contributed by atoms with Gasteiger partial charge in [-0.3, -0.25) is 9.59 Å². The van der Waals surface area contributed by atoms with Crippen LogP contribution in [0.15, 0.2) is 97.2 Å². The van der Waals surface area contributed by atoms with Crippen LogP contribution < -0.4 is 0 Å². The summed E-state index contributed by atoms with van der Waals surface area (Å²) in [6.45, 7) is 16.8. The van der Waals surface area contributed by atoms with Gasteiger partial charge in [-0.15, -0.1) is 0 Å². The van der Waals surface area contributed by atoms with E-state index < -0.39 is 0 Å². The van der Waals surface area contributed by atoms with Crippen molar-refractivity contribution in [1.82, 2.24) is 4.90 Å². The molecule has 0 atom stereocenters. The van der Waals surface area contributed by atoms with E-state index in [1.165, 1.54) is 77.4 Å². The lowest BCUT2D eigenvalue weighted by molar-refractivity contribution is -0.148. The Kier molecular flexibility index (Phi) is 54.6. The fourth-order valence-electron chi connectivity index (χ4n) is 7.83. The van der Waals surface area contributed by atoms with Crippen LogP contribution in [-0.2, 0) is 28.5 Å². The number of nitrogens with zero attached hydrogens (tertiary/aromatic N) is 1. The van der Waals surface area contributed by atoms with Crippen LogP contribution in [0.4, 0.5) is 0 Å². The summed E-state index contributed by atoms with van der Waals surface area (Å²) in [5.74, 6) is 0.652.